The van der Waals surface area contributed by atoms with Gasteiger partial charge in [-0.1, -0.05) is 6.07 Å². The second-order valence-electron chi connectivity index (χ2n) is 3.52. The highest BCUT2D eigenvalue weighted by atomic mass is 79.9. The number of nitrogens with one attached hydrogen (secondary N) is 1. The molecule has 3 nitrogen and oxygen atoms in total. The molecule has 0 saturated heterocycles. The van der Waals surface area contributed by atoms with Crippen LogP contribution in [0, 0.1) is 12.7 Å². The number of benzene rings is 1. The van der Waals surface area contributed by atoms with Crippen LogP contribution in [0.4, 0.5) is 10.1 Å². The second-order valence-corrected chi connectivity index (χ2v) is 4.30. The molecule has 0 aliphatic rings. The quantitative estimate of drug-likeness (QED) is 0.917. The molecule has 0 fully saturated rings. The van der Waals surface area contributed by atoms with Gasteiger partial charge in [-0.3, -0.25) is 4.79 Å². The van der Waals surface area contributed by atoms with Crippen LogP contribution in [0.2, 0.25) is 0 Å². The number of hydrogen-bond acceptors (Lipinski definition) is 2. The Morgan fingerprint density at radius 1 is 1.35 bits per heavy atom. The van der Waals surface area contributed by atoms with Crippen molar-refractivity contribution >= 4 is 27.5 Å². The Morgan fingerprint density at radius 3 is 2.76 bits per heavy atom. The van der Waals surface area contributed by atoms with E-state index in [0.29, 0.717) is 10.4 Å². The van der Waals surface area contributed by atoms with Gasteiger partial charge in [-0.25, -0.2) is 4.39 Å². The monoisotopic (exact) mass is 297 g/mol. The lowest BCUT2D eigenvalue weighted by molar-refractivity contribution is 0.0995. The molecule has 1 heterocycles. The molecule has 5 heteroatoms. The van der Waals surface area contributed by atoms with Gasteiger partial charge in [-0.15, -0.1) is 0 Å². The van der Waals surface area contributed by atoms with Crippen LogP contribution in [0.15, 0.2) is 39.4 Å². The van der Waals surface area contributed by atoms with E-state index in [2.05, 4.69) is 21.2 Å². The first-order valence-corrected chi connectivity index (χ1v) is 5.68. The molecule has 0 unspecified atom stereocenters. The topological polar surface area (TPSA) is 42.2 Å². The third-order valence-electron chi connectivity index (χ3n) is 2.24. The fraction of sp³-hybridized carbons (Fsp3) is 0.0833. The highest BCUT2D eigenvalue weighted by Crippen LogP contribution is 2.19. The zero-order chi connectivity index (χ0) is 12.4. The van der Waals surface area contributed by atoms with E-state index in [4.69, 9.17) is 4.42 Å². The number of rotatable bonds is 2. The van der Waals surface area contributed by atoms with E-state index in [1.54, 1.807) is 19.1 Å². The first-order chi connectivity index (χ1) is 8.06. The molecule has 0 aliphatic carbocycles. The van der Waals surface area contributed by atoms with Crippen molar-refractivity contribution in [1.29, 1.82) is 0 Å². The number of carbonyl (C=O) groups is 1. The molecule has 0 aliphatic heterocycles. The summed E-state index contributed by atoms with van der Waals surface area (Å²) in [5.41, 5.74) is 1.22. The first-order valence-electron chi connectivity index (χ1n) is 4.89. The predicted molar refractivity (Wildman–Crippen MR) is 65.5 cm³/mol. The minimum Gasteiger partial charge on any atom is -0.444 e. The van der Waals surface area contributed by atoms with Crippen LogP contribution >= 0.6 is 15.9 Å². The Balaban J connectivity index is 2.21. The van der Waals surface area contributed by atoms with Crippen molar-refractivity contribution in [2.75, 3.05) is 5.32 Å². The number of amides is 1. The van der Waals surface area contributed by atoms with Crippen LogP contribution in [-0.4, -0.2) is 5.91 Å². The van der Waals surface area contributed by atoms with Gasteiger partial charge < -0.3 is 9.73 Å². The molecule has 0 radical (unpaired) electrons. The van der Waals surface area contributed by atoms with Gasteiger partial charge in [0.05, 0.1) is 0 Å². The van der Waals surface area contributed by atoms with E-state index in [1.807, 2.05) is 0 Å². The minimum atomic E-state index is -0.413. The predicted octanol–water partition coefficient (Wildman–Crippen LogP) is 3.74. The normalized spacial score (nSPS) is 10.3. The van der Waals surface area contributed by atoms with Crippen molar-refractivity contribution in [2.24, 2.45) is 0 Å². The lowest BCUT2D eigenvalue weighted by Crippen LogP contribution is -2.11. The zero-order valence-electron chi connectivity index (χ0n) is 8.96. The maximum Gasteiger partial charge on any atom is 0.291 e. The summed E-state index contributed by atoms with van der Waals surface area (Å²) in [5.74, 6) is -0.642. The first kappa shape index (κ1) is 11.9. The van der Waals surface area contributed by atoms with Crippen LogP contribution in [0.5, 0.6) is 0 Å². The summed E-state index contributed by atoms with van der Waals surface area (Å²) in [6.07, 6.45) is 0. The molecule has 0 bridgehead atoms. The van der Waals surface area contributed by atoms with Gasteiger partial charge in [0, 0.05) is 5.69 Å². The van der Waals surface area contributed by atoms with Crippen molar-refractivity contribution in [1.82, 2.24) is 0 Å². The number of carbonyl (C=O) groups excluding carboxylic acids is 1. The van der Waals surface area contributed by atoms with Gasteiger partial charge in [-0.2, -0.15) is 0 Å². The standard InChI is InChI=1S/C12H9BrFNO2/c1-7-2-3-8(14)6-9(7)15-12(16)10-4-5-11(13)17-10/h2-6H,1H3,(H,15,16). The van der Waals surface area contributed by atoms with Crippen molar-refractivity contribution in [3.05, 3.63) is 52.1 Å². The second kappa shape index (κ2) is 4.71. The molecule has 0 spiro atoms. The molecule has 88 valence electrons. The third kappa shape index (κ3) is 2.74. The Bertz CT molecular complexity index is 565. The summed E-state index contributed by atoms with van der Waals surface area (Å²) in [5, 5.41) is 2.59. The molecule has 0 saturated carbocycles. The summed E-state index contributed by atoms with van der Waals surface area (Å²) in [6.45, 7) is 1.78. The number of halogens is 2. The molecule has 1 amide bonds. The molecule has 1 aromatic carbocycles. The lowest BCUT2D eigenvalue weighted by Gasteiger charge is -2.06. The Labute approximate surface area is 106 Å². The van der Waals surface area contributed by atoms with E-state index in [9.17, 15) is 9.18 Å². The summed E-state index contributed by atoms with van der Waals surface area (Å²) in [6, 6.07) is 7.37. The molecule has 1 aromatic heterocycles. The van der Waals surface area contributed by atoms with Gasteiger partial charge in [0.15, 0.2) is 10.4 Å². The third-order valence-corrected chi connectivity index (χ3v) is 2.67. The molecule has 2 rings (SSSR count). The summed E-state index contributed by atoms with van der Waals surface area (Å²) >= 11 is 3.11. The molecule has 0 atom stereocenters. The van der Waals surface area contributed by atoms with Gasteiger partial charge in [0.2, 0.25) is 0 Å². The Kier molecular flexibility index (Phi) is 3.28. The number of furan rings is 1. The average molecular weight is 298 g/mol. The van der Waals surface area contributed by atoms with Crippen LogP contribution in [0.3, 0.4) is 0 Å². The van der Waals surface area contributed by atoms with Crippen LogP contribution < -0.4 is 5.32 Å². The maximum atomic E-state index is 13.0. The van der Waals surface area contributed by atoms with Crippen LogP contribution in [0.25, 0.3) is 0 Å². The van der Waals surface area contributed by atoms with Gasteiger partial charge in [0.1, 0.15) is 5.82 Å². The largest absolute Gasteiger partial charge is 0.444 e. The molecule has 1 N–H and O–H groups in total. The fourth-order valence-electron chi connectivity index (χ4n) is 1.35. The molecular formula is C12H9BrFNO2. The molecule has 17 heavy (non-hydrogen) atoms. The summed E-state index contributed by atoms with van der Waals surface area (Å²) in [4.78, 5) is 11.7. The fourth-order valence-corrected chi connectivity index (χ4v) is 1.66. The average Bonchev–Trinajstić information content (AvgIpc) is 2.70. The summed E-state index contributed by atoms with van der Waals surface area (Å²) < 4.78 is 18.6. The van der Waals surface area contributed by atoms with E-state index in [-0.39, 0.29) is 5.76 Å². The lowest BCUT2D eigenvalue weighted by atomic mass is 10.2. The van der Waals surface area contributed by atoms with E-state index in [1.165, 1.54) is 18.2 Å². The van der Waals surface area contributed by atoms with Crippen molar-refractivity contribution in [2.45, 2.75) is 6.92 Å². The highest BCUT2D eigenvalue weighted by Gasteiger charge is 2.12. The number of aryl methyl sites for hydroxylation is 1. The van der Waals surface area contributed by atoms with E-state index >= 15 is 0 Å². The van der Waals surface area contributed by atoms with Gasteiger partial charge in [-0.05, 0) is 52.7 Å². The zero-order valence-corrected chi connectivity index (χ0v) is 10.5. The van der Waals surface area contributed by atoms with Crippen LogP contribution in [-0.2, 0) is 0 Å². The Morgan fingerprint density at radius 2 is 2.12 bits per heavy atom. The molecule has 2 aromatic rings. The van der Waals surface area contributed by atoms with Gasteiger partial charge in [0.25, 0.3) is 5.91 Å². The van der Waals surface area contributed by atoms with E-state index < -0.39 is 11.7 Å². The van der Waals surface area contributed by atoms with Crippen molar-refractivity contribution < 1.29 is 13.6 Å². The minimum absolute atomic E-state index is 0.167. The van der Waals surface area contributed by atoms with Crippen molar-refractivity contribution in [3.63, 3.8) is 0 Å². The highest BCUT2D eigenvalue weighted by molar-refractivity contribution is 9.10. The number of hydrogen-bond donors (Lipinski definition) is 1. The number of anilines is 1. The van der Waals surface area contributed by atoms with Crippen molar-refractivity contribution in [3.8, 4) is 0 Å². The molecular weight excluding hydrogens is 289 g/mol. The smallest absolute Gasteiger partial charge is 0.291 e. The Hall–Kier alpha value is -1.62. The SMILES string of the molecule is Cc1ccc(F)cc1NC(=O)c1ccc(Br)o1. The maximum absolute atomic E-state index is 13.0. The van der Waals surface area contributed by atoms with Crippen LogP contribution in [0.1, 0.15) is 16.1 Å². The van der Waals surface area contributed by atoms with E-state index in [0.717, 1.165) is 5.56 Å². The van der Waals surface area contributed by atoms with Gasteiger partial charge >= 0.3 is 0 Å². The summed E-state index contributed by atoms with van der Waals surface area (Å²) in [7, 11) is 0.